The van der Waals surface area contributed by atoms with Crippen molar-refractivity contribution in [3.63, 3.8) is 0 Å². The second kappa shape index (κ2) is 9.46. The predicted molar refractivity (Wildman–Crippen MR) is 94.7 cm³/mol. The highest BCUT2D eigenvalue weighted by atomic mass is 35.5. The summed E-state index contributed by atoms with van der Waals surface area (Å²) in [5.41, 5.74) is 6.56. The van der Waals surface area contributed by atoms with E-state index < -0.39 is 9.84 Å². The van der Waals surface area contributed by atoms with E-state index in [4.69, 9.17) is 10.2 Å². The molecule has 1 aromatic carbocycles. The van der Waals surface area contributed by atoms with Crippen LogP contribution in [0.25, 0.3) is 0 Å². The molecule has 0 unspecified atom stereocenters. The van der Waals surface area contributed by atoms with Gasteiger partial charge in [-0.2, -0.15) is 0 Å². The zero-order valence-electron chi connectivity index (χ0n) is 13.1. The van der Waals surface area contributed by atoms with Gasteiger partial charge in [0.15, 0.2) is 9.84 Å². The average Bonchev–Trinajstić information content (AvgIpc) is 3.01. The van der Waals surface area contributed by atoms with E-state index in [2.05, 4.69) is 5.32 Å². The van der Waals surface area contributed by atoms with Gasteiger partial charge < -0.3 is 15.5 Å². The standard InChI is InChI=1S/C16H20N2O4S.ClH/c17-10-15-9-14(11-22-15)16(19)18-7-4-8-23(20,21)12-13-5-2-1-3-6-13;/h1-3,5-6,9,11H,4,7-8,10,12,17H2,(H,18,19);1H. The van der Waals surface area contributed by atoms with Gasteiger partial charge in [-0.3, -0.25) is 4.79 Å². The normalized spacial score (nSPS) is 10.9. The molecule has 0 atom stereocenters. The third kappa shape index (κ3) is 6.35. The Bertz CT molecular complexity index is 744. The summed E-state index contributed by atoms with van der Waals surface area (Å²) < 4.78 is 29.1. The van der Waals surface area contributed by atoms with Gasteiger partial charge in [0.05, 0.1) is 23.6 Å². The average molecular weight is 373 g/mol. The van der Waals surface area contributed by atoms with Gasteiger partial charge in [-0.25, -0.2) is 8.42 Å². The number of halogens is 1. The molecule has 0 radical (unpaired) electrons. The Morgan fingerprint density at radius 1 is 1.21 bits per heavy atom. The molecule has 1 amide bonds. The molecule has 3 N–H and O–H groups in total. The lowest BCUT2D eigenvalue weighted by atomic mass is 10.2. The van der Waals surface area contributed by atoms with Crippen LogP contribution in [0.15, 0.2) is 47.1 Å². The number of benzene rings is 1. The van der Waals surface area contributed by atoms with Crippen LogP contribution in [-0.4, -0.2) is 26.6 Å². The Morgan fingerprint density at radius 3 is 2.54 bits per heavy atom. The summed E-state index contributed by atoms with van der Waals surface area (Å²) in [5, 5.41) is 2.67. The Morgan fingerprint density at radius 2 is 1.92 bits per heavy atom. The summed E-state index contributed by atoms with van der Waals surface area (Å²) in [5.74, 6) is 0.278. The smallest absolute Gasteiger partial charge is 0.254 e. The number of nitrogens with two attached hydrogens (primary N) is 1. The Kier molecular flexibility index (Phi) is 7.97. The van der Waals surface area contributed by atoms with Crippen LogP contribution in [0.3, 0.4) is 0 Å². The summed E-state index contributed by atoms with van der Waals surface area (Å²) in [4.78, 5) is 11.8. The minimum atomic E-state index is -3.18. The van der Waals surface area contributed by atoms with Crippen LogP contribution in [0, 0.1) is 0 Å². The predicted octanol–water partition coefficient (Wildman–Crippen LogP) is 1.89. The first-order valence-corrected chi connectivity index (χ1v) is 9.12. The van der Waals surface area contributed by atoms with Crippen molar-refractivity contribution < 1.29 is 17.6 Å². The molecule has 6 nitrogen and oxygen atoms in total. The summed E-state index contributed by atoms with van der Waals surface area (Å²) in [6, 6.07) is 10.6. The van der Waals surface area contributed by atoms with Gasteiger partial charge >= 0.3 is 0 Å². The van der Waals surface area contributed by atoms with Crippen LogP contribution in [0.5, 0.6) is 0 Å². The van der Waals surface area contributed by atoms with Crippen molar-refractivity contribution in [3.05, 3.63) is 59.5 Å². The number of rotatable bonds is 8. The van der Waals surface area contributed by atoms with Crippen LogP contribution in [0.2, 0.25) is 0 Å². The highest BCUT2D eigenvalue weighted by molar-refractivity contribution is 7.90. The van der Waals surface area contributed by atoms with E-state index in [1.807, 2.05) is 18.2 Å². The minimum Gasteiger partial charge on any atom is -0.467 e. The van der Waals surface area contributed by atoms with Gasteiger partial charge in [-0.1, -0.05) is 30.3 Å². The van der Waals surface area contributed by atoms with E-state index in [9.17, 15) is 13.2 Å². The lowest BCUT2D eigenvalue weighted by Gasteiger charge is -2.06. The van der Waals surface area contributed by atoms with E-state index in [1.165, 1.54) is 6.26 Å². The molecular weight excluding hydrogens is 352 g/mol. The van der Waals surface area contributed by atoms with Crippen molar-refractivity contribution in [2.75, 3.05) is 12.3 Å². The molecule has 24 heavy (non-hydrogen) atoms. The third-order valence-corrected chi connectivity index (χ3v) is 4.95. The maximum atomic E-state index is 12.0. The van der Waals surface area contributed by atoms with Gasteiger partial charge in [0.1, 0.15) is 12.0 Å². The fourth-order valence-corrected chi connectivity index (χ4v) is 3.53. The van der Waals surface area contributed by atoms with E-state index in [0.29, 0.717) is 17.7 Å². The number of carbonyl (C=O) groups is 1. The molecule has 2 rings (SSSR count). The molecule has 2 aromatic rings. The van der Waals surface area contributed by atoms with Crippen LogP contribution in [0.1, 0.15) is 28.1 Å². The van der Waals surface area contributed by atoms with Crippen molar-refractivity contribution in [3.8, 4) is 0 Å². The quantitative estimate of drug-likeness (QED) is 0.689. The number of sulfone groups is 1. The Hall–Kier alpha value is -1.83. The lowest BCUT2D eigenvalue weighted by Crippen LogP contribution is -2.25. The molecule has 0 spiro atoms. The summed E-state index contributed by atoms with van der Waals surface area (Å²) in [7, 11) is -3.18. The zero-order chi connectivity index (χ0) is 16.7. The molecule has 8 heteroatoms. The Balaban J connectivity index is 0.00000288. The van der Waals surface area contributed by atoms with Gasteiger partial charge in [-0.15, -0.1) is 12.4 Å². The van der Waals surface area contributed by atoms with Crippen LogP contribution in [0.4, 0.5) is 0 Å². The van der Waals surface area contributed by atoms with E-state index in [0.717, 1.165) is 5.56 Å². The molecule has 0 aliphatic carbocycles. The first-order valence-electron chi connectivity index (χ1n) is 7.30. The largest absolute Gasteiger partial charge is 0.467 e. The van der Waals surface area contributed by atoms with E-state index in [1.54, 1.807) is 18.2 Å². The first-order chi connectivity index (χ1) is 11.0. The molecule has 0 fully saturated rings. The molecule has 0 aliphatic rings. The fraction of sp³-hybridized carbons (Fsp3) is 0.312. The topological polar surface area (TPSA) is 102 Å². The van der Waals surface area contributed by atoms with Crippen molar-refractivity contribution in [2.24, 2.45) is 5.73 Å². The first kappa shape index (κ1) is 20.2. The highest BCUT2D eigenvalue weighted by Crippen LogP contribution is 2.08. The molecule has 1 aromatic heterocycles. The molecule has 0 aliphatic heterocycles. The number of carbonyl (C=O) groups excluding carboxylic acids is 1. The van der Waals surface area contributed by atoms with Crippen LogP contribution >= 0.6 is 12.4 Å². The fourth-order valence-electron chi connectivity index (χ4n) is 2.10. The molecule has 132 valence electrons. The zero-order valence-corrected chi connectivity index (χ0v) is 14.7. The molecular formula is C16H21ClN2O4S. The van der Waals surface area contributed by atoms with Crippen LogP contribution in [-0.2, 0) is 22.1 Å². The molecule has 1 heterocycles. The van der Waals surface area contributed by atoms with Gasteiger partial charge in [0, 0.05) is 6.54 Å². The SMILES string of the molecule is Cl.NCc1cc(C(=O)NCCCS(=O)(=O)Cc2ccccc2)co1. The second-order valence-electron chi connectivity index (χ2n) is 5.19. The Labute approximate surface area is 147 Å². The number of nitrogens with one attached hydrogen (secondary N) is 1. The van der Waals surface area contributed by atoms with E-state index in [-0.39, 0.29) is 42.9 Å². The molecule has 0 saturated carbocycles. The molecule has 0 saturated heterocycles. The maximum absolute atomic E-state index is 12.0. The summed E-state index contributed by atoms with van der Waals surface area (Å²) in [6.45, 7) is 0.515. The van der Waals surface area contributed by atoms with Gasteiger partial charge in [-0.05, 0) is 18.1 Å². The second-order valence-corrected chi connectivity index (χ2v) is 7.38. The van der Waals surface area contributed by atoms with Crippen molar-refractivity contribution >= 4 is 28.2 Å². The van der Waals surface area contributed by atoms with Crippen molar-refractivity contribution in [1.29, 1.82) is 0 Å². The van der Waals surface area contributed by atoms with E-state index >= 15 is 0 Å². The summed E-state index contributed by atoms with van der Waals surface area (Å²) in [6.07, 6.45) is 1.70. The van der Waals surface area contributed by atoms with Crippen molar-refractivity contribution in [2.45, 2.75) is 18.7 Å². The maximum Gasteiger partial charge on any atom is 0.254 e. The van der Waals surface area contributed by atoms with Gasteiger partial charge in [0.25, 0.3) is 5.91 Å². The van der Waals surface area contributed by atoms with Gasteiger partial charge in [0.2, 0.25) is 0 Å². The summed E-state index contributed by atoms with van der Waals surface area (Å²) >= 11 is 0. The van der Waals surface area contributed by atoms with Crippen molar-refractivity contribution in [1.82, 2.24) is 5.32 Å². The van der Waals surface area contributed by atoms with Crippen LogP contribution < -0.4 is 11.1 Å². The number of furan rings is 1. The number of amides is 1. The minimum absolute atomic E-state index is 0. The molecule has 0 bridgehead atoms. The number of hydrogen-bond donors (Lipinski definition) is 2. The highest BCUT2D eigenvalue weighted by Gasteiger charge is 2.13. The lowest BCUT2D eigenvalue weighted by molar-refractivity contribution is 0.0953. The third-order valence-electron chi connectivity index (χ3n) is 3.26. The number of hydrogen-bond acceptors (Lipinski definition) is 5. The monoisotopic (exact) mass is 372 g/mol.